The van der Waals surface area contributed by atoms with Gasteiger partial charge in [0.15, 0.2) is 0 Å². The Hall–Kier alpha value is -2.05. The van der Waals surface area contributed by atoms with Crippen LogP contribution >= 0.6 is 0 Å². The van der Waals surface area contributed by atoms with Gasteiger partial charge in [0.1, 0.15) is 5.75 Å². The molecule has 0 bridgehead atoms. The standard InChI is InChI=1S/C15H18N2O3S/c1-11(17-13-6-8-14(20-2)9-7-13)12-4-3-5-15(10-12)21(16,18)19/h3-11,17H,1-2H3,(H2,16,18,19). The monoisotopic (exact) mass is 306 g/mol. The van der Waals surface area contributed by atoms with E-state index in [9.17, 15) is 8.42 Å². The first-order valence-corrected chi connectivity index (χ1v) is 7.98. The van der Waals surface area contributed by atoms with E-state index in [-0.39, 0.29) is 10.9 Å². The van der Waals surface area contributed by atoms with Gasteiger partial charge in [0, 0.05) is 11.7 Å². The Morgan fingerprint density at radius 3 is 2.38 bits per heavy atom. The lowest BCUT2D eigenvalue weighted by atomic mass is 10.1. The number of hydrogen-bond acceptors (Lipinski definition) is 4. The quantitative estimate of drug-likeness (QED) is 0.889. The van der Waals surface area contributed by atoms with E-state index in [4.69, 9.17) is 9.88 Å². The Kier molecular flexibility index (Phi) is 4.50. The van der Waals surface area contributed by atoms with Crippen LogP contribution in [0, 0.1) is 0 Å². The molecule has 2 rings (SSSR count). The van der Waals surface area contributed by atoms with Crippen LogP contribution in [-0.4, -0.2) is 15.5 Å². The highest BCUT2D eigenvalue weighted by molar-refractivity contribution is 7.89. The van der Waals surface area contributed by atoms with Crippen LogP contribution < -0.4 is 15.2 Å². The maximum atomic E-state index is 11.4. The molecule has 2 aromatic carbocycles. The van der Waals surface area contributed by atoms with Crippen molar-refractivity contribution in [2.24, 2.45) is 5.14 Å². The molecule has 0 radical (unpaired) electrons. The van der Waals surface area contributed by atoms with Crippen LogP contribution in [-0.2, 0) is 10.0 Å². The molecule has 5 nitrogen and oxygen atoms in total. The van der Waals surface area contributed by atoms with Gasteiger partial charge in [-0.25, -0.2) is 13.6 Å². The van der Waals surface area contributed by atoms with Crippen molar-refractivity contribution in [1.82, 2.24) is 0 Å². The van der Waals surface area contributed by atoms with Crippen molar-refractivity contribution in [1.29, 1.82) is 0 Å². The average molecular weight is 306 g/mol. The van der Waals surface area contributed by atoms with Gasteiger partial charge in [0.2, 0.25) is 10.0 Å². The molecule has 0 saturated carbocycles. The molecule has 6 heteroatoms. The third-order valence-electron chi connectivity index (χ3n) is 3.16. The van der Waals surface area contributed by atoms with Crippen LogP contribution in [0.3, 0.4) is 0 Å². The van der Waals surface area contributed by atoms with Crippen molar-refractivity contribution in [3.8, 4) is 5.75 Å². The lowest BCUT2D eigenvalue weighted by molar-refractivity contribution is 0.415. The molecule has 0 fully saturated rings. The summed E-state index contributed by atoms with van der Waals surface area (Å²) in [6.45, 7) is 1.95. The molecule has 0 aromatic heterocycles. The predicted molar refractivity (Wildman–Crippen MR) is 82.8 cm³/mol. The van der Waals surface area contributed by atoms with Crippen molar-refractivity contribution in [3.63, 3.8) is 0 Å². The summed E-state index contributed by atoms with van der Waals surface area (Å²) >= 11 is 0. The zero-order valence-corrected chi connectivity index (χ0v) is 12.7. The van der Waals surface area contributed by atoms with Crippen LogP contribution in [0.15, 0.2) is 53.4 Å². The summed E-state index contributed by atoms with van der Waals surface area (Å²) in [4.78, 5) is 0.114. The minimum atomic E-state index is -3.69. The summed E-state index contributed by atoms with van der Waals surface area (Å²) in [5.74, 6) is 0.782. The number of benzene rings is 2. The Balaban J connectivity index is 2.18. The fraction of sp³-hybridized carbons (Fsp3) is 0.200. The van der Waals surface area contributed by atoms with Gasteiger partial charge in [0.05, 0.1) is 12.0 Å². The molecule has 3 N–H and O–H groups in total. The second-order valence-corrected chi connectivity index (χ2v) is 6.27. The van der Waals surface area contributed by atoms with Crippen molar-refractivity contribution in [2.75, 3.05) is 12.4 Å². The summed E-state index contributed by atoms with van der Waals surface area (Å²) in [7, 11) is -2.07. The molecule has 0 aliphatic carbocycles. The van der Waals surface area contributed by atoms with Crippen LogP contribution in [0.1, 0.15) is 18.5 Å². The van der Waals surface area contributed by atoms with Gasteiger partial charge in [-0.1, -0.05) is 12.1 Å². The Bertz CT molecular complexity index is 712. The van der Waals surface area contributed by atoms with Crippen molar-refractivity contribution < 1.29 is 13.2 Å². The summed E-state index contributed by atoms with van der Waals surface area (Å²) in [5, 5.41) is 8.45. The topological polar surface area (TPSA) is 81.4 Å². The number of nitrogens with two attached hydrogens (primary N) is 1. The summed E-state index contributed by atoms with van der Waals surface area (Å²) < 4.78 is 27.9. The zero-order valence-electron chi connectivity index (χ0n) is 11.9. The maximum absolute atomic E-state index is 11.4. The van der Waals surface area contributed by atoms with E-state index in [0.29, 0.717) is 0 Å². The molecule has 0 saturated heterocycles. The van der Waals surface area contributed by atoms with Gasteiger partial charge in [0.25, 0.3) is 0 Å². The largest absolute Gasteiger partial charge is 0.497 e. The smallest absolute Gasteiger partial charge is 0.238 e. The molecule has 0 amide bonds. The number of methoxy groups -OCH3 is 1. The first-order valence-electron chi connectivity index (χ1n) is 6.43. The number of nitrogens with one attached hydrogen (secondary N) is 1. The Morgan fingerprint density at radius 2 is 1.81 bits per heavy atom. The van der Waals surface area contributed by atoms with Crippen LogP contribution in [0.25, 0.3) is 0 Å². The van der Waals surface area contributed by atoms with Gasteiger partial charge in [-0.05, 0) is 48.9 Å². The molecule has 1 atom stereocenters. The zero-order chi connectivity index (χ0) is 15.5. The number of anilines is 1. The fourth-order valence-corrected chi connectivity index (χ4v) is 2.55. The number of primary sulfonamides is 1. The Morgan fingerprint density at radius 1 is 1.14 bits per heavy atom. The minimum absolute atomic E-state index is 0.0555. The molecule has 112 valence electrons. The van der Waals surface area contributed by atoms with Gasteiger partial charge in [-0.15, -0.1) is 0 Å². The van der Waals surface area contributed by atoms with Crippen LogP contribution in [0.4, 0.5) is 5.69 Å². The number of sulfonamides is 1. The third kappa shape index (κ3) is 3.96. The highest BCUT2D eigenvalue weighted by Crippen LogP contribution is 2.22. The number of hydrogen-bond donors (Lipinski definition) is 2. The number of rotatable bonds is 5. The summed E-state index contributed by atoms with van der Waals surface area (Å²) in [6, 6.07) is 14.1. The summed E-state index contributed by atoms with van der Waals surface area (Å²) in [6.07, 6.45) is 0. The molecule has 2 aromatic rings. The van der Waals surface area contributed by atoms with Gasteiger partial charge in [-0.2, -0.15) is 0 Å². The second kappa shape index (κ2) is 6.15. The minimum Gasteiger partial charge on any atom is -0.497 e. The molecule has 1 unspecified atom stereocenters. The van der Waals surface area contributed by atoms with Crippen molar-refractivity contribution >= 4 is 15.7 Å². The molecule has 0 aliphatic rings. The normalized spacial score (nSPS) is 12.7. The fourth-order valence-electron chi connectivity index (χ4n) is 1.98. The first-order chi connectivity index (χ1) is 9.90. The van der Waals surface area contributed by atoms with Crippen LogP contribution in [0.2, 0.25) is 0 Å². The second-order valence-electron chi connectivity index (χ2n) is 4.71. The average Bonchev–Trinajstić information content (AvgIpc) is 2.47. The molecule has 0 heterocycles. The molecular formula is C15H18N2O3S. The van der Waals surface area contributed by atoms with Gasteiger partial charge in [-0.3, -0.25) is 0 Å². The van der Waals surface area contributed by atoms with E-state index >= 15 is 0 Å². The lowest BCUT2D eigenvalue weighted by Gasteiger charge is -2.16. The van der Waals surface area contributed by atoms with E-state index in [1.807, 2.05) is 37.3 Å². The summed E-state index contributed by atoms with van der Waals surface area (Å²) in [5.41, 5.74) is 1.77. The van der Waals surface area contributed by atoms with E-state index in [1.54, 1.807) is 19.2 Å². The van der Waals surface area contributed by atoms with E-state index in [2.05, 4.69) is 5.32 Å². The molecular weight excluding hydrogens is 288 g/mol. The lowest BCUT2D eigenvalue weighted by Crippen LogP contribution is -2.13. The third-order valence-corrected chi connectivity index (χ3v) is 4.07. The molecule has 0 spiro atoms. The number of ether oxygens (including phenoxy) is 1. The molecule has 0 aliphatic heterocycles. The van der Waals surface area contributed by atoms with Crippen molar-refractivity contribution in [2.45, 2.75) is 17.9 Å². The van der Waals surface area contributed by atoms with Crippen molar-refractivity contribution in [3.05, 3.63) is 54.1 Å². The highest BCUT2D eigenvalue weighted by atomic mass is 32.2. The highest BCUT2D eigenvalue weighted by Gasteiger charge is 2.11. The van der Waals surface area contributed by atoms with Gasteiger partial charge < -0.3 is 10.1 Å². The van der Waals surface area contributed by atoms with Crippen LogP contribution in [0.5, 0.6) is 5.75 Å². The molecule has 21 heavy (non-hydrogen) atoms. The van der Waals surface area contributed by atoms with E-state index < -0.39 is 10.0 Å². The predicted octanol–water partition coefficient (Wildman–Crippen LogP) is 2.52. The van der Waals surface area contributed by atoms with E-state index in [0.717, 1.165) is 17.0 Å². The SMILES string of the molecule is COc1ccc(NC(C)c2cccc(S(N)(=O)=O)c2)cc1. The Labute approximate surface area is 124 Å². The maximum Gasteiger partial charge on any atom is 0.238 e. The first kappa shape index (κ1) is 15.3. The van der Waals surface area contributed by atoms with Gasteiger partial charge >= 0.3 is 0 Å². The van der Waals surface area contributed by atoms with E-state index in [1.165, 1.54) is 6.07 Å².